The van der Waals surface area contributed by atoms with Crippen molar-refractivity contribution in [3.8, 4) is 5.75 Å². The number of hydrogen-bond acceptors (Lipinski definition) is 3. The van der Waals surface area contributed by atoms with Crippen molar-refractivity contribution in [1.29, 1.82) is 0 Å². The van der Waals surface area contributed by atoms with Gasteiger partial charge in [0.2, 0.25) is 0 Å². The number of hydrogen-bond donors (Lipinski definition) is 2. The number of carbonyl (C=O) groups excluding carboxylic acids is 1. The first kappa shape index (κ1) is 15.6. The lowest BCUT2D eigenvalue weighted by Crippen LogP contribution is -2.30. The maximum atomic E-state index is 11.8. The zero-order valence-electron chi connectivity index (χ0n) is 12.6. The Morgan fingerprint density at radius 2 is 2.19 bits per heavy atom. The number of rotatable bonds is 6. The number of anilines is 1. The molecule has 0 spiro atoms. The van der Waals surface area contributed by atoms with Crippen LogP contribution in [0.1, 0.15) is 25.7 Å². The van der Waals surface area contributed by atoms with Crippen molar-refractivity contribution in [3.63, 3.8) is 0 Å². The smallest absolute Gasteiger partial charge is 0.319 e. The Labute approximate surface area is 126 Å². The second-order valence-electron chi connectivity index (χ2n) is 5.31. The minimum absolute atomic E-state index is 0.171. The van der Waals surface area contributed by atoms with Gasteiger partial charge in [0.1, 0.15) is 5.75 Å². The fourth-order valence-corrected chi connectivity index (χ4v) is 2.50. The van der Waals surface area contributed by atoms with Crippen molar-refractivity contribution in [3.05, 3.63) is 24.3 Å². The van der Waals surface area contributed by atoms with E-state index in [1.807, 2.05) is 18.2 Å². The van der Waals surface area contributed by atoms with E-state index in [1.54, 1.807) is 13.2 Å². The third-order valence-corrected chi connectivity index (χ3v) is 3.74. The topological polar surface area (TPSA) is 59.6 Å². The zero-order chi connectivity index (χ0) is 14.9. The predicted octanol–water partition coefficient (Wildman–Crippen LogP) is 3.02. The number of nitrogens with one attached hydrogen (secondary N) is 2. The number of benzene rings is 1. The molecule has 0 bridgehead atoms. The van der Waals surface area contributed by atoms with E-state index in [1.165, 1.54) is 0 Å². The lowest BCUT2D eigenvalue weighted by Gasteiger charge is -2.21. The Morgan fingerprint density at radius 1 is 1.38 bits per heavy atom. The summed E-state index contributed by atoms with van der Waals surface area (Å²) in [5.74, 6) is 1.48. The van der Waals surface area contributed by atoms with Gasteiger partial charge in [0.25, 0.3) is 0 Å². The molecule has 116 valence electrons. The van der Waals surface area contributed by atoms with Crippen molar-refractivity contribution >= 4 is 11.7 Å². The van der Waals surface area contributed by atoms with Crippen molar-refractivity contribution in [2.75, 3.05) is 32.2 Å². The maximum absolute atomic E-state index is 11.8. The normalized spacial score (nSPS) is 15.5. The van der Waals surface area contributed by atoms with E-state index in [-0.39, 0.29) is 6.03 Å². The van der Waals surface area contributed by atoms with Gasteiger partial charge in [0.05, 0.1) is 7.11 Å². The molecule has 0 saturated carbocycles. The number of carbonyl (C=O) groups is 1. The minimum atomic E-state index is -0.171. The Kier molecular flexibility index (Phi) is 6.34. The van der Waals surface area contributed by atoms with Gasteiger partial charge in [-0.3, -0.25) is 0 Å². The van der Waals surface area contributed by atoms with Crippen LogP contribution >= 0.6 is 0 Å². The fourth-order valence-electron chi connectivity index (χ4n) is 2.50. The van der Waals surface area contributed by atoms with E-state index < -0.39 is 0 Å². The third-order valence-electron chi connectivity index (χ3n) is 3.74. The van der Waals surface area contributed by atoms with Crippen molar-refractivity contribution < 1.29 is 14.3 Å². The maximum Gasteiger partial charge on any atom is 0.319 e. The molecule has 0 aliphatic carbocycles. The Morgan fingerprint density at radius 3 is 2.95 bits per heavy atom. The largest absolute Gasteiger partial charge is 0.497 e. The Bertz CT molecular complexity index is 445. The molecule has 2 amide bonds. The van der Waals surface area contributed by atoms with Gasteiger partial charge in [-0.25, -0.2) is 4.79 Å². The molecule has 0 aromatic heterocycles. The van der Waals surface area contributed by atoms with Gasteiger partial charge >= 0.3 is 6.03 Å². The van der Waals surface area contributed by atoms with Gasteiger partial charge in [-0.2, -0.15) is 0 Å². The van der Waals surface area contributed by atoms with Crippen molar-refractivity contribution in [1.82, 2.24) is 5.32 Å². The van der Waals surface area contributed by atoms with Crippen LogP contribution in [0.15, 0.2) is 24.3 Å². The summed E-state index contributed by atoms with van der Waals surface area (Å²) in [5, 5.41) is 5.69. The average molecular weight is 292 g/mol. The molecule has 21 heavy (non-hydrogen) atoms. The summed E-state index contributed by atoms with van der Waals surface area (Å²) >= 11 is 0. The molecule has 1 aliphatic rings. The van der Waals surface area contributed by atoms with Gasteiger partial charge in [-0.05, 0) is 43.7 Å². The molecule has 5 heteroatoms. The molecule has 2 N–H and O–H groups in total. The molecule has 1 aromatic rings. The summed E-state index contributed by atoms with van der Waals surface area (Å²) in [5.41, 5.74) is 0.733. The molecule has 0 atom stereocenters. The lowest BCUT2D eigenvalue weighted by atomic mass is 9.95. The molecule has 1 aromatic carbocycles. The van der Waals surface area contributed by atoms with Crippen LogP contribution in [-0.2, 0) is 4.74 Å². The monoisotopic (exact) mass is 292 g/mol. The number of amides is 2. The lowest BCUT2D eigenvalue weighted by molar-refractivity contribution is 0.0634. The minimum Gasteiger partial charge on any atom is -0.497 e. The number of ether oxygens (including phenoxy) is 2. The fraction of sp³-hybridized carbons (Fsp3) is 0.562. The number of urea groups is 1. The molecular formula is C16H24N2O3. The molecule has 1 heterocycles. The van der Waals surface area contributed by atoms with E-state index >= 15 is 0 Å². The summed E-state index contributed by atoms with van der Waals surface area (Å²) in [6, 6.07) is 7.15. The van der Waals surface area contributed by atoms with E-state index in [0.29, 0.717) is 6.54 Å². The molecule has 1 fully saturated rings. The standard InChI is InChI=1S/C16H24N2O3/c1-20-15-6-2-5-14(12-15)18-16(19)17-9-3-4-13-7-10-21-11-8-13/h2,5-6,12-13H,3-4,7-11H2,1H3,(H2,17,18,19). The van der Waals surface area contributed by atoms with Gasteiger partial charge in [0.15, 0.2) is 0 Å². The summed E-state index contributed by atoms with van der Waals surface area (Å²) in [6.07, 6.45) is 4.46. The van der Waals surface area contributed by atoms with Gasteiger partial charge in [0, 0.05) is 31.5 Å². The molecular weight excluding hydrogens is 268 g/mol. The molecule has 0 radical (unpaired) electrons. The van der Waals surface area contributed by atoms with E-state index in [2.05, 4.69) is 10.6 Å². The second-order valence-corrected chi connectivity index (χ2v) is 5.31. The Balaban J connectivity index is 1.62. The number of methoxy groups -OCH3 is 1. The molecule has 0 unspecified atom stereocenters. The summed E-state index contributed by atoms with van der Waals surface area (Å²) in [6.45, 7) is 2.47. The van der Waals surface area contributed by atoms with Crippen LogP contribution in [0, 0.1) is 5.92 Å². The third kappa shape index (κ3) is 5.63. The van der Waals surface area contributed by atoms with Crippen molar-refractivity contribution in [2.24, 2.45) is 5.92 Å². The van der Waals surface area contributed by atoms with E-state index in [0.717, 1.165) is 56.3 Å². The van der Waals surface area contributed by atoms with E-state index in [9.17, 15) is 4.79 Å². The van der Waals surface area contributed by atoms with Gasteiger partial charge < -0.3 is 20.1 Å². The van der Waals surface area contributed by atoms with Gasteiger partial charge in [-0.1, -0.05) is 6.07 Å². The summed E-state index contributed by atoms with van der Waals surface area (Å²) < 4.78 is 10.5. The first-order valence-corrected chi connectivity index (χ1v) is 7.54. The highest BCUT2D eigenvalue weighted by Crippen LogP contribution is 2.19. The molecule has 1 aliphatic heterocycles. The van der Waals surface area contributed by atoms with Crippen LogP contribution in [0.5, 0.6) is 5.75 Å². The highest BCUT2D eigenvalue weighted by molar-refractivity contribution is 5.89. The summed E-state index contributed by atoms with van der Waals surface area (Å²) in [7, 11) is 1.61. The first-order valence-electron chi connectivity index (χ1n) is 7.54. The average Bonchev–Trinajstić information content (AvgIpc) is 2.53. The van der Waals surface area contributed by atoms with Crippen LogP contribution in [0.4, 0.5) is 10.5 Å². The second kappa shape index (κ2) is 8.52. The van der Waals surface area contributed by atoms with Gasteiger partial charge in [-0.15, -0.1) is 0 Å². The quantitative estimate of drug-likeness (QED) is 0.792. The Hall–Kier alpha value is -1.75. The van der Waals surface area contributed by atoms with Crippen LogP contribution in [0.25, 0.3) is 0 Å². The first-order chi connectivity index (χ1) is 10.3. The molecule has 5 nitrogen and oxygen atoms in total. The van der Waals surface area contributed by atoms with Crippen LogP contribution in [-0.4, -0.2) is 32.9 Å². The highest BCUT2D eigenvalue weighted by Gasteiger charge is 2.13. The van der Waals surface area contributed by atoms with E-state index in [4.69, 9.17) is 9.47 Å². The van der Waals surface area contributed by atoms with Crippen LogP contribution < -0.4 is 15.4 Å². The predicted molar refractivity (Wildman–Crippen MR) is 82.8 cm³/mol. The van der Waals surface area contributed by atoms with Crippen LogP contribution in [0.3, 0.4) is 0 Å². The molecule has 1 saturated heterocycles. The summed E-state index contributed by atoms with van der Waals surface area (Å²) in [4.78, 5) is 11.8. The van der Waals surface area contributed by atoms with Crippen LogP contribution in [0.2, 0.25) is 0 Å². The molecule has 2 rings (SSSR count). The van der Waals surface area contributed by atoms with Crippen molar-refractivity contribution in [2.45, 2.75) is 25.7 Å². The zero-order valence-corrected chi connectivity index (χ0v) is 12.6. The highest BCUT2D eigenvalue weighted by atomic mass is 16.5. The SMILES string of the molecule is COc1cccc(NC(=O)NCCCC2CCOCC2)c1.